The lowest BCUT2D eigenvalue weighted by atomic mass is 10.3. The summed E-state index contributed by atoms with van der Waals surface area (Å²) in [4.78, 5) is 22.7. The highest BCUT2D eigenvalue weighted by molar-refractivity contribution is 6.18. The van der Waals surface area contributed by atoms with Crippen LogP contribution >= 0.6 is 11.6 Å². The maximum absolute atomic E-state index is 11.4. The van der Waals surface area contributed by atoms with Crippen LogP contribution in [0.2, 0.25) is 0 Å². The Morgan fingerprint density at radius 3 is 2.61 bits per heavy atom. The number of amides is 1. The Morgan fingerprint density at radius 1 is 1.33 bits per heavy atom. The molecule has 0 heterocycles. The van der Waals surface area contributed by atoms with Gasteiger partial charge in [0.15, 0.2) is 6.10 Å². The molecule has 0 aliphatic carbocycles. The normalized spacial score (nSPS) is 11.4. The lowest BCUT2D eigenvalue weighted by Crippen LogP contribution is -2.29. The number of ether oxygens (including phenoxy) is 2. The quantitative estimate of drug-likeness (QED) is 0.660. The van der Waals surface area contributed by atoms with Crippen LogP contribution in [0.1, 0.15) is 6.92 Å². The van der Waals surface area contributed by atoms with Crippen molar-refractivity contribution in [2.24, 2.45) is 0 Å². The molecule has 0 unspecified atom stereocenters. The molecule has 98 valence electrons. The van der Waals surface area contributed by atoms with E-state index in [-0.39, 0.29) is 12.5 Å². The third kappa shape index (κ3) is 5.05. The van der Waals surface area contributed by atoms with Gasteiger partial charge in [-0.25, -0.2) is 9.59 Å². The second-order valence-corrected chi connectivity index (χ2v) is 3.77. The predicted molar refractivity (Wildman–Crippen MR) is 67.7 cm³/mol. The van der Waals surface area contributed by atoms with Gasteiger partial charge in [0.1, 0.15) is 6.61 Å². The minimum atomic E-state index is -0.975. The summed E-state index contributed by atoms with van der Waals surface area (Å²) in [6.45, 7) is 1.52. The van der Waals surface area contributed by atoms with Gasteiger partial charge in [0.25, 0.3) is 0 Å². The van der Waals surface area contributed by atoms with Crippen LogP contribution in [0.5, 0.6) is 0 Å². The Labute approximate surface area is 110 Å². The number of carbonyl (C=O) groups excluding carboxylic acids is 2. The fourth-order valence-corrected chi connectivity index (χ4v) is 1.21. The van der Waals surface area contributed by atoms with Crippen LogP contribution in [0.15, 0.2) is 30.3 Å². The van der Waals surface area contributed by atoms with E-state index in [2.05, 4.69) is 5.32 Å². The number of rotatable bonds is 5. The molecule has 0 bridgehead atoms. The Bertz CT molecular complexity index is 396. The van der Waals surface area contributed by atoms with Crippen LogP contribution in [-0.2, 0) is 14.3 Å². The predicted octanol–water partition coefficient (Wildman–Crippen LogP) is 2.41. The first-order chi connectivity index (χ1) is 8.63. The molecule has 1 aromatic rings. The van der Waals surface area contributed by atoms with E-state index in [1.165, 1.54) is 6.92 Å². The molecule has 0 spiro atoms. The average Bonchev–Trinajstić information content (AvgIpc) is 2.36. The summed E-state index contributed by atoms with van der Waals surface area (Å²) < 4.78 is 9.57. The van der Waals surface area contributed by atoms with Crippen molar-refractivity contribution >= 4 is 29.4 Å². The van der Waals surface area contributed by atoms with Crippen molar-refractivity contribution in [1.82, 2.24) is 0 Å². The molecule has 5 nitrogen and oxygen atoms in total. The third-order valence-corrected chi connectivity index (χ3v) is 2.11. The maximum atomic E-state index is 11.4. The van der Waals surface area contributed by atoms with Crippen molar-refractivity contribution < 1.29 is 19.1 Å². The van der Waals surface area contributed by atoms with Crippen molar-refractivity contribution in [2.45, 2.75) is 13.0 Å². The molecule has 0 aromatic heterocycles. The first-order valence-electron chi connectivity index (χ1n) is 5.38. The van der Waals surface area contributed by atoms with Gasteiger partial charge in [-0.2, -0.15) is 0 Å². The van der Waals surface area contributed by atoms with Crippen molar-refractivity contribution in [3.8, 4) is 0 Å². The number of anilines is 1. The van der Waals surface area contributed by atoms with Crippen molar-refractivity contribution in [3.63, 3.8) is 0 Å². The highest BCUT2D eigenvalue weighted by Gasteiger charge is 2.18. The first kappa shape index (κ1) is 14.3. The van der Waals surface area contributed by atoms with Gasteiger partial charge >= 0.3 is 12.1 Å². The molecule has 0 aliphatic heterocycles. The zero-order valence-electron chi connectivity index (χ0n) is 9.89. The molecule has 1 amide bonds. The van der Waals surface area contributed by atoms with Gasteiger partial charge in [0, 0.05) is 5.69 Å². The van der Waals surface area contributed by atoms with E-state index >= 15 is 0 Å². The minimum absolute atomic E-state index is 0.0917. The minimum Gasteiger partial charge on any atom is -0.462 e. The number of halogens is 1. The second kappa shape index (κ2) is 7.55. The zero-order valence-corrected chi connectivity index (χ0v) is 10.6. The van der Waals surface area contributed by atoms with Gasteiger partial charge in [0.05, 0.1) is 5.88 Å². The van der Waals surface area contributed by atoms with Gasteiger partial charge in [-0.05, 0) is 19.1 Å². The molecule has 1 rings (SSSR count). The Balaban J connectivity index is 2.38. The molecule has 0 saturated heterocycles. The van der Waals surface area contributed by atoms with Gasteiger partial charge in [-0.15, -0.1) is 11.6 Å². The summed E-state index contributed by atoms with van der Waals surface area (Å²) in [6.07, 6.45) is -1.69. The number of carbonyl (C=O) groups is 2. The largest absolute Gasteiger partial charge is 0.462 e. The fourth-order valence-electron chi connectivity index (χ4n) is 1.13. The molecule has 0 saturated carbocycles. The summed E-state index contributed by atoms with van der Waals surface area (Å²) in [5, 5.41) is 2.49. The summed E-state index contributed by atoms with van der Waals surface area (Å²) in [6, 6.07) is 8.78. The van der Waals surface area contributed by atoms with E-state index in [0.717, 1.165) is 0 Å². The summed E-state index contributed by atoms with van der Waals surface area (Å²) in [7, 11) is 0. The smallest absolute Gasteiger partial charge is 0.412 e. The lowest BCUT2D eigenvalue weighted by molar-refractivity contribution is -0.151. The summed E-state index contributed by atoms with van der Waals surface area (Å²) in [5.41, 5.74) is 0.587. The third-order valence-electron chi connectivity index (χ3n) is 1.96. The Kier molecular flexibility index (Phi) is 6.00. The molecule has 0 fully saturated rings. The van der Waals surface area contributed by atoms with Crippen LogP contribution < -0.4 is 5.32 Å². The van der Waals surface area contributed by atoms with Crippen LogP contribution in [0, 0.1) is 0 Å². The average molecular weight is 272 g/mol. The fraction of sp³-hybridized carbons (Fsp3) is 0.333. The summed E-state index contributed by atoms with van der Waals surface area (Å²) in [5.74, 6) is -0.423. The van der Waals surface area contributed by atoms with E-state index in [4.69, 9.17) is 21.1 Å². The van der Waals surface area contributed by atoms with Crippen LogP contribution in [0.3, 0.4) is 0 Å². The molecule has 18 heavy (non-hydrogen) atoms. The Morgan fingerprint density at radius 2 is 2.00 bits per heavy atom. The van der Waals surface area contributed by atoms with E-state index in [1.807, 2.05) is 6.07 Å². The van der Waals surface area contributed by atoms with E-state index in [9.17, 15) is 9.59 Å². The number of hydrogen-bond acceptors (Lipinski definition) is 4. The van der Waals surface area contributed by atoms with Crippen molar-refractivity contribution in [2.75, 3.05) is 17.8 Å². The highest BCUT2D eigenvalue weighted by Crippen LogP contribution is 2.06. The SMILES string of the molecule is C[C@@H](OC(=O)Nc1ccccc1)C(=O)OCCCl. The Hall–Kier alpha value is -1.75. The molecule has 0 radical (unpaired) electrons. The molecule has 1 aromatic carbocycles. The number of benzene rings is 1. The molecular weight excluding hydrogens is 258 g/mol. The molecule has 1 N–H and O–H groups in total. The van der Waals surface area contributed by atoms with Crippen LogP contribution in [0.25, 0.3) is 0 Å². The molecule has 1 atom stereocenters. The van der Waals surface area contributed by atoms with Crippen LogP contribution in [0.4, 0.5) is 10.5 Å². The lowest BCUT2D eigenvalue weighted by Gasteiger charge is -2.12. The zero-order chi connectivity index (χ0) is 13.4. The molecular formula is C12H14ClNO4. The van der Waals surface area contributed by atoms with Gasteiger partial charge in [0.2, 0.25) is 0 Å². The number of esters is 1. The topological polar surface area (TPSA) is 64.6 Å². The van der Waals surface area contributed by atoms with Gasteiger partial charge in [-0.3, -0.25) is 5.32 Å². The first-order valence-corrected chi connectivity index (χ1v) is 5.92. The van der Waals surface area contributed by atoms with E-state index < -0.39 is 18.2 Å². The van der Waals surface area contributed by atoms with Gasteiger partial charge < -0.3 is 9.47 Å². The van der Waals surface area contributed by atoms with Crippen LogP contribution in [-0.4, -0.2) is 30.7 Å². The standard InChI is InChI=1S/C12H14ClNO4/c1-9(11(15)17-8-7-13)18-12(16)14-10-5-3-2-4-6-10/h2-6,9H,7-8H2,1H3,(H,14,16)/t9-/m1/s1. The number of hydrogen-bond donors (Lipinski definition) is 1. The summed E-state index contributed by atoms with van der Waals surface area (Å²) >= 11 is 5.37. The molecule has 6 heteroatoms. The van der Waals surface area contributed by atoms with Crippen molar-refractivity contribution in [3.05, 3.63) is 30.3 Å². The highest BCUT2D eigenvalue weighted by atomic mass is 35.5. The maximum Gasteiger partial charge on any atom is 0.412 e. The van der Waals surface area contributed by atoms with E-state index in [0.29, 0.717) is 5.69 Å². The van der Waals surface area contributed by atoms with Crippen molar-refractivity contribution in [1.29, 1.82) is 0 Å². The van der Waals surface area contributed by atoms with E-state index in [1.54, 1.807) is 24.3 Å². The number of para-hydroxylation sites is 1. The molecule has 0 aliphatic rings. The van der Waals surface area contributed by atoms with Gasteiger partial charge in [-0.1, -0.05) is 18.2 Å². The number of nitrogens with one attached hydrogen (secondary N) is 1. The number of alkyl halides is 1. The monoisotopic (exact) mass is 271 g/mol. The second-order valence-electron chi connectivity index (χ2n) is 3.40.